The monoisotopic (exact) mass is 392 g/mol. The number of hydrogen-bond donors (Lipinski definition) is 1. The van der Waals surface area contributed by atoms with Gasteiger partial charge in [0.05, 0.1) is 30.3 Å². The highest BCUT2D eigenvalue weighted by Crippen LogP contribution is 2.20. The van der Waals surface area contributed by atoms with E-state index in [1.807, 2.05) is 13.8 Å². The molecule has 2 aromatic rings. The third-order valence-corrected chi connectivity index (χ3v) is 6.52. The van der Waals surface area contributed by atoms with E-state index in [0.29, 0.717) is 32.1 Å². The van der Waals surface area contributed by atoms with Gasteiger partial charge in [0, 0.05) is 24.7 Å². The highest BCUT2D eigenvalue weighted by atomic mass is 32.2. The molecule has 0 unspecified atom stereocenters. The predicted molar refractivity (Wildman–Crippen MR) is 101 cm³/mol. The van der Waals surface area contributed by atoms with Crippen LogP contribution in [0.3, 0.4) is 0 Å². The van der Waals surface area contributed by atoms with Crippen LogP contribution in [0.2, 0.25) is 0 Å². The fourth-order valence-electron chi connectivity index (χ4n) is 2.86. The molecule has 1 aliphatic heterocycles. The summed E-state index contributed by atoms with van der Waals surface area (Å²) in [6.07, 6.45) is 2.50. The van der Waals surface area contributed by atoms with E-state index < -0.39 is 10.0 Å². The lowest BCUT2D eigenvalue weighted by Crippen LogP contribution is -2.40. The molecular weight excluding hydrogens is 368 g/mol. The molecule has 1 saturated heterocycles. The summed E-state index contributed by atoms with van der Waals surface area (Å²) in [4.78, 5) is 12.8. The Labute approximate surface area is 159 Å². The maximum atomic E-state index is 12.8. The highest BCUT2D eigenvalue weighted by molar-refractivity contribution is 7.89. The van der Waals surface area contributed by atoms with Gasteiger partial charge in [0.15, 0.2) is 0 Å². The van der Waals surface area contributed by atoms with Gasteiger partial charge in [-0.15, -0.1) is 0 Å². The van der Waals surface area contributed by atoms with Gasteiger partial charge in [-0.3, -0.25) is 4.79 Å². The summed E-state index contributed by atoms with van der Waals surface area (Å²) in [5.74, 6) is 0.204. The van der Waals surface area contributed by atoms with E-state index in [2.05, 4.69) is 10.4 Å². The number of amides is 1. The molecule has 3 rings (SSSR count). The molecular formula is C18H24N4O4S. The van der Waals surface area contributed by atoms with Crippen LogP contribution in [-0.4, -0.2) is 54.7 Å². The summed E-state index contributed by atoms with van der Waals surface area (Å²) in [7, 11) is -3.65. The zero-order chi connectivity index (χ0) is 19.4. The first-order chi connectivity index (χ1) is 12.9. The summed E-state index contributed by atoms with van der Waals surface area (Å²) in [5.41, 5.74) is 0.279. The van der Waals surface area contributed by atoms with E-state index in [-0.39, 0.29) is 22.4 Å². The van der Waals surface area contributed by atoms with Crippen molar-refractivity contribution >= 4 is 21.7 Å². The number of carbonyl (C=O) groups excluding carboxylic acids is 1. The molecule has 0 spiro atoms. The van der Waals surface area contributed by atoms with Gasteiger partial charge in [0.25, 0.3) is 5.91 Å². The van der Waals surface area contributed by atoms with Crippen molar-refractivity contribution in [1.82, 2.24) is 14.1 Å². The number of nitrogens with zero attached hydrogens (tertiary/aromatic N) is 3. The highest BCUT2D eigenvalue weighted by Gasteiger charge is 2.27. The SMILES string of the molecule is CC[C@@H](C)n1nccc1NC(=O)c1cccc(S(=O)(=O)N2CCOCC2)c1. The number of carbonyl (C=O) groups is 1. The van der Waals surface area contributed by atoms with Crippen LogP contribution in [0.4, 0.5) is 5.82 Å². The number of benzene rings is 1. The zero-order valence-corrected chi connectivity index (χ0v) is 16.3. The number of nitrogens with one attached hydrogen (secondary N) is 1. The molecule has 1 amide bonds. The Morgan fingerprint density at radius 3 is 2.74 bits per heavy atom. The number of aromatic nitrogens is 2. The lowest BCUT2D eigenvalue weighted by Gasteiger charge is -2.26. The largest absolute Gasteiger partial charge is 0.379 e. The number of ether oxygens (including phenoxy) is 1. The van der Waals surface area contributed by atoms with Crippen LogP contribution < -0.4 is 5.32 Å². The van der Waals surface area contributed by atoms with Gasteiger partial charge in [0.1, 0.15) is 5.82 Å². The molecule has 0 radical (unpaired) electrons. The molecule has 146 valence electrons. The average molecular weight is 392 g/mol. The van der Waals surface area contributed by atoms with Gasteiger partial charge in [0.2, 0.25) is 10.0 Å². The average Bonchev–Trinajstić information content (AvgIpc) is 3.16. The predicted octanol–water partition coefficient (Wildman–Crippen LogP) is 2.13. The maximum Gasteiger partial charge on any atom is 0.256 e. The van der Waals surface area contributed by atoms with Crippen molar-refractivity contribution < 1.29 is 17.9 Å². The van der Waals surface area contributed by atoms with Crippen molar-refractivity contribution in [3.05, 3.63) is 42.1 Å². The number of morpholine rings is 1. The van der Waals surface area contributed by atoms with Gasteiger partial charge >= 0.3 is 0 Å². The van der Waals surface area contributed by atoms with Gasteiger partial charge in [-0.1, -0.05) is 13.0 Å². The quantitative estimate of drug-likeness (QED) is 0.813. The Morgan fingerprint density at radius 1 is 1.30 bits per heavy atom. The molecule has 1 atom stereocenters. The minimum Gasteiger partial charge on any atom is -0.379 e. The third-order valence-electron chi connectivity index (χ3n) is 4.62. The first-order valence-electron chi connectivity index (χ1n) is 8.96. The molecule has 1 aromatic heterocycles. The molecule has 0 saturated carbocycles. The van der Waals surface area contributed by atoms with E-state index in [9.17, 15) is 13.2 Å². The minimum absolute atomic E-state index is 0.104. The van der Waals surface area contributed by atoms with Crippen LogP contribution in [0.1, 0.15) is 36.7 Å². The Kier molecular flexibility index (Phi) is 5.93. The topological polar surface area (TPSA) is 93.5 Å². The van der Waals surface area contributed by atoms with Crippen molar-refractivity contribution in [3.8, 4) is 0 Å². The van der Waals surface area contributed by atoms with Crippen LogP contribution in [0, 0.1) is 0 Å². The van der Waals surface area contributed by atoms with Crippen molar-refractivity contribution in [1.29, 1.82) is 0 Å². The summed E-state index contributed by atoms with van der Waals surface area (Å²) < 4.78 is 33.9. The Hall–Kier alpha value is -2.23. The second kappa shape index (κ2) is 8.20. The number of anilines is 1. The van der Waals surface area contributed by atoms with E-state index >= 15 is 0 Å². The molecule has 1 aliphatic rings. The molecule has 1 N–H and O–H groups in total. The second-order valence-electron chi connectivity index (χ2n) is 6.42. The zero-order valence-electron chi connectivity index (χ0n) is 15.5. The molecule has 8 nitrogen and oxygen atoms in total. The molecule has 27 heavy (non-hydrogen) atoms. The summed E-state index contributed by atoms with van der Waals surface area (Å²) in [6.45, 7) is 5.42. The molecule has 1 aromatic carbocycles. The summed E-state index contributed by atoms with van der Waals surface area (Å²) in [5, 5.41) is 7.05. The Balaban J connectivity index is 1.81. The van der Waals surface area contributed by atoms with Gasteiger partial charge in [-0.25, -0.2) is 13.1 Å². The van der Waals surface area contributed by atoms with E-state index in [1.165, 1.54) is 16.4 Å². The molecule has 0 bridgehead atoms. The molecule has 1 fully saturated rings. The third kappa shape index (κ3) is 4.20. The van der Waals surface area contributed by atoms with Crippen molar-refractivity contribution in [2.45, 2.75) is 31.2 Å². The van der Waals surface area contributed by atoms with Crippen molar-refractivity contribution in [2.75, 3.05) is 31.6 Å². The normalized spacial score (nSPS) is 16.8. The van der Waals surface area contributed by atoms with Gasteiger partial charge in [-0.2, -0.15) is 9.40 Å². The summed E-state index contributed by atoms with van der Waals surface area (Å²) >= 11 is 0. The van der Waals surface area contributed by atoms with Crippen LogP contribution in [-0.2, 0) is 14.8 Å². The van der Waals surface area contributed by atoms with E-state index in [0.717, 1.165) is 6.42 Å². The fraction of sp³-hybridized carbons (Fsp3) is 0.444. The van der Waals surface area contributed by atoms with Crippen LogP contribution in [0.5, 0.6) is 0 Å². The van der Waals surface area contributed by atoms with E-state index in [4.69, 9.17) is 4.74 Å². The van der Waals surface area contributed by atoms with Crippen LogP contribution in [0.15, 0.2) is 41.4 Å². The van der Waals surface area contributed by atoms with Crippen molar-refractivity contribution in [3.63, 3.8) is 0 Å². The minimum atomic E-state index is -3.65. The first kappa shape index (κ1) is 19.5. The second-order valence-corrected chi connectivity index (χ2v) is 8.35. The van der Waals surface area contributed by atoms with Gasteiger partial charge < -0.3 is 10.1 Å². The molecule has 2 heterocycles. The first-order valence-corrected chi connectivity index (χ1v) is 10.4. The standard InChI is InChI=1S/C18H24N4O4S/c1-3-14(2)22-17(7-8-19-22)20-18(23)15-5-4-6-16(13-15)27(24,25)21-9-11-26-12-10-21/h4-8,13-14H,3,9-12H2,1-2H3,(H,20,23)/t14-/m1/s1. The van der Waals surface area contributed by atoms with E-state index in [1.54, 1.807) is 29.1 Å². The van der Waals surface area contributed by atoms with Crippen molar-refractivity contribution in [2.24, 2.45) is 0 Å². The Morgan fingerprint density at radius 2 is 2.04 bits per heavy atom. The lowest BCUT2D eigenvalue weighted by molar-refractivity contribution is 0.0730. The molecule has 9 heteroatoms. The maximum absolute atomic E-state index is 12.8. The van der Waals surface area contributed by atoms with Crippen LogP contribution >= 0.6 is 0 Å². The summed E-state index contributed by atoms with van der Waals surface area (Å²) in [6, 6.07) is 7.95. The molecule has 0 aliphatic carbocycles. The fourth-order valence-corrected chi connectivity index (χ4v) is 4.31. The smallest absolute Gasteiger partial charge is 0.256 e. The van der Waals surface area contributed by atoms with Crippen LogP contribution in [0.25, 0.3) is 0 Å². The number of hydrogen-bond acceptors (Lipinski definition) is 5. The Bertz CT molecular complexity index is 904. The van der Waals surface area contributed by atoms with Gasteiger partial charge in [-0.05, 0) is 31.5 Å². The number of sulfonamides is 1. The number of rotatable bonds is 6. The lowest BCUT2D eigenvalue weighted by atomic mass is 10.2.